The third-order valence-electron chi connectivity index (χ3n) is 4.93. The minimum Gasteiger partial charge on any atom is -0.348 e. The van der Waals surface area contributed by atoms with Gasteiger partial charge in [-0.3, -0.25) is 14.5 Å². The zero-order valence-corrected chi connectivity index (χ0v) is 15.6. The Morgan fingerprint density at radius 1 is 1.08 bits per heavy atom. The number of fused-ring (bicyclic) bond motifs is 1. The monoisotopic (exact) mass is 353 g/mol. The molecule has 1 saturated heterocycles. The summed E-state index contributed by atoms with van der Waals surface area (Å²) < 4.78 is 0. The fourth-order valence-electron chi connectivity index (χ4n) is 3.45. The highest BCUT2D eigenvalue weighted by Gasteiger charge is 2.20. The SMILES string of the molecule is C[C@@H](NC(=O)CN(C)CC(=O)N1CCCC1)c1ccc2ccccc2c1. The minimum absolute atomic E-state index is 0.0672. The van der Waals surface area contributed by atoms with E-state index in [-0.39, 0.29) is 30.9 Å². The first-order valence-electron chi connectivity index (χ1n) is 9.27. The summed E-state index contributed by atoms with van der Waals surface area (Å²) in [7, 11) is 1.81. The van der Waals surface area contributed by atoms with Crippen LogP contribution in [0.25, 0.3) is 10.8 Å². The van der Waals surface area contributed by atoms with Gasteiger partial charge >= 0.3 is 0 Å². The molecule has 0 radical (unpaired) electrons. The lowest BCUT2D eigenvalue weighted by Crippen LogP contribution is -2.42. The fraction of sp³-hybridized carbons (Fsp3) is 0.429. The van der Waals surface area contributed by atoms with E-state index in [2.05, 4.69) is 29.6 Å². The smallest absolute Gasteiger partial charge is 0.236 e. The van der Waals surface area contributed by atoms with Gasteiger partial charge in [0.1, 0.15) is 0 Å². The van der Waals surface area contributed by atoms with Gasteiger partial charge in [-0.15, -0.1) is 0 Å². The number of hydrogen-bond acceptors (Lipinski definition) is 3. The minimum atomic E-state index is -0.0743. The third-order valence-corrected chi connectivity index (χ3v) is 4.93. The molecule has 1 heterocycles. The first kappa shape index (κ1) is 18.4. The predicted octanol–water partition coefficient (Wildman–Crippen LogP) is 2.57. The Hall–Kier alpha value is -2.40. The highest BCUT2D eigenvalue weighted by atomic mass is 16.2. The number of nitrogens with zero attached hydrogens (tertiary/aromatic N) is 2. The van der Waals surface area contributed by atoms with Crippen molar-refractivity contribution >= 4 is 22.6 Å². The van der Waals surface area contributed by atoms with Crippen LogP contribution in [0.4, 0.5) is 0 Å². The van der Waals surface area contributed by atoms with E-state index in [0.717, 1.165) is 31.5 Å². The van der Waals surface area contributed by atoms with Crippen LogP contribution in [-0.4, -0.2) is 54.8 Å². The fourth-order valence-corrected chi connectivity index (χ4v) is 3.45. The molecule has 2 aromatic rings. The maximum absolute atomic E-state index is 12.3. The Balaban J connectivity index is 1.52. The number of likely N-dealkylation sites (N-methyl/N-ethyl adjacent to an activating group) is 1. The number of likely N-dealkylation sites (tertiary alicyclic amines) is 1. The second kappa shape index (κ2) is 8.32. The van der Waals surface area contributed by atoms with Crippen LogP contribution in [0.1, 0.15) is 31.4 Å². The van der Waals surface area contributed by atoms with E-state index >= 15 is 0 Å². The Labute approximate surface area is 155 Å². The van der Waals surface area contributed by atoms with Crippen molar-refractivity contribution < 1.29 is 9.59 Å². The maximum atomic E-state index is 12.3. The molecule has 138 valence electrons. The van der Waals surface area contributed by atoms with Gasteiger partial charge in [-0.2, -0.15) is 0 Å². The number of carbonyl (C=O) groups excluding carboxylic acids is 2. The van der Waals surface area contributed by atoms with E-state index in [1.165, 1.54) is 10.8 Å². The van der Waals surface area contributed by atoms with Crippen LogP contribution in [0, 0.1) is 0 Å². The molecule has 3 rings (SSSR count). The van der Waals surface area contributed by atoms with Gasteiger partial charge in [0.25, 0.3) is 0 Å². The molecule has 1 aliphatic heterocycles. The first-order chi connectivity index (χ1) is 12.5. The molecular formula is C21H27N3O2. The molecule has 2 aromatic carbocycles. The van der Waals surface area contributed by atoms with Crippen molar-refractivity contribution in [1.82, 2.24) is 15.1 Å². The molecule has 1 atom stereocenters. The van der Waals surface area contributed by atoms with Crippen molar-refractivity contribution in [3.63, 3.8) is 0 Å². The van der Waals surface area contributed by atoms with Gasteiger partial charge in [0.2, 0.25) is 11.8 Å². The summed E-state index contributed by atoms with van der Waals surface area (Å²) >= 11 is 0. The quantitative estimate of drug-likeness (QED) is 0.868. The Morgan fingerprint density at radius 3 is 2.50 bits per heavy atom. The van der Waals surface area contributed by atoms with Crippen molar-refractivity contribution in [1.29, 1.82) is 0 Å². The number of benzene rings is 2. The number of hydrogen-bond donors (Lipinski definition) is 1. The van der Waals surface area contributed by atoms with Crippen molar-refractivity contribution in [2.75, 3.05) is 33.2 Å². The Kier molecular flexibility index (Phi) is 5.89. The van der Waals surface area contributed by atoms with Gasteiger partial charge in [0.05, 0.1) is 19.1 Å². The van der Waals surface area contributed by atoms with Gasteiger partial charge in [0.15, 0.2) is 0 Å². The second-order valence-electron chi connectivity index (χ2n) is 7.16. The molecule has 5 heteroatoms. The molecule has 1 aliphatic rings. The average Bonchev–Trinajstić information content (AvgIpc) is 3.15. The molecule has 0 aliphatic carbocycles. The highest BCUT2D eigenvalue weighted by Crippen LogP contribution is 2.20. The normalized spacial score (nSPS) is 15.4. The van der Waals surface area contributed by atoms with Gasteiger partial charge in [0, 0.05) is 13.1 Å². The Bertz CT molecular complexity index is 784. The summed E-state index contributed by atoms with van der Waals surface area (Å²) in [5.74, 6) is 0.0442. The van der Waals surface area contributed by atoms with Crippen molar-refractivity contribution in [2.24, 2.45) is 0 Å². The molecule has 5 nitrogen and oxygen atoms in total. The van der Waals surface area contributed by atoms with Crippen molar-refractivity contribution in [3.8, 4) is 0 Å². The topological polar surface area (TPSA) is 52.7 Å². The summed E-state index contributed by atoms with van der Waals surface area (Å²) in [6.45, 7) is 4.18. The molecule has 1 fully saturated rings. The van der Waals surface area contributed by atoms with Crippen molar-refractivity contribution in [3.05, 3.63) is 48.0 Å². The summed E-state index contributed by atoms with van der Waals surface area (Å²) in [5.41, 5.74) is 1.08. The van der Waals surface area contributed by atoms with Crippen LogP contribution in [0.15, 0.2) is 42.5 Å². The first-order valence-corrected chi connectivity index (χ1v) is 9.27. The summed E-state index contributed by atoms with van der Waals surface area (Å²) in [4.78, 5) is 28.1. The van der Waals surface area contributed by atoms with Crippen LogP contribution in [0.2, 0.25) is 0 Å². The molecule has 0 aromatic heterocycles. The molecule has 1 N–H and O–H groups in total. The van der Waals surface area contributed by atoms with Crippen LogP contribution in [0.5, 0.6) is 0 Å². The van der Waals surface area contributed by atoms with Crippen LogP contribution in [0.3, 0.4) is 0 Å². The van der Waals surface area contributed by atoms with Gasteiger partial charge in [-0.25, -0.2) is 0 Å². The lowest BCUT2D eigenvalue weighted by Gasteiger charge is -2.22. The second-order valence-corrected chi connectivity index (χ2v) is 7.16. The van der Waals surface area contributed by atoms with Crippen LogP contribution in [-0.2, 0) is 9.59 Å². The molecular weight excluding hydrogens is 326 g/mol. The standard InChI is InChI=1S/C21H27N3O2/c1-16(18-10-9-17-7-3-4-8-19(17)13-18)22-20(25)14-23(2)15-21(26)24-11-5-6-12-24/h3-4,7-10,13,16H,5-6,11-12,14-15H2,1-2H3,(H,22,25)/t16-/m1/s1. The van der Waals surface area contributed by atoms with E-state index in [0.29, 0.717) is 0 Å². The number of nitrogens with one attached hydrogen (secondary N) is 1. The zero-order valence-electron chi connectivity index (χ0n) is 15.6. The lowest BCUT2D eigenvalue weighted by molar-refractivity contribution is -0.131. The van der Waals surface area contributed by atoms with Gasteiger partial charge in [-0.1, -0.05) is 36.4 Å². The molecule has 0 spiro atoms. The molecule has 0 bridgehead atoms. The molecule has 2 amide bonds. The van der Waals surface area contributed by atoms with E-state index in [9.17, 15) is 9.59 Å². The number of amides is 2. The summed E-state index contributed by atoms with van der Waals surface area (Å²) in [6, 6.07) is 14.4. The molecule has 26 heavy (non-hydrogen) atoms. The summed E-state index contributed by atoms with van der Waals surface area (Å²) in [6.07, 6.45) is 2.17. The average molecular weight is 353 g/mol. The maximum Gasteiger partial charge on any atom is 0.236 e. The lowest BCUT2D eigenvalue weighted by atomic mass is 10.0. The van der Waals surface area contributed by atoms with Gasteiger partial charge < -0.3 is 10.2 Å². The molecule has 0 saturated carbocycles. The zero-order chi connectivity index (χ0) is 18.5. The van der Waals surface area contributed by atoms with Crippen molar-refractivity contribution in [2.45, 2.75) is 25.8 Å². The molecule has 0 unspecified atom stereocenters. The third kappa shape index (κ3) is 4.61. The largest absolute Gasteiger partial charge is 0.348 e. The van der Waals surface area contributed by atoms with Crippen LogP contribution >= 0.6 is 0 Å². The van der Waals surface area contributed by atoms with E-state index in [1.54, 1.807) is 4.90 Å². The predicted molar refractivity (Wildman–Crippen MR) is 104 cm³/mol. The summed E-state index contributed by atoms with van der Waals surface area (Å²) in [5, 5.41) is 5.38. The van der Waals surface area contributed by atoms with Crippen LogP contribution < -0.4 is 5.32 Å². The van der Waals surface area contributed by atoms with E-state index in [1.807, 2.05) is 37.1 Å². The van der Waals surface area contributed by atoms with E-state index in [4.69, 9.17) is 0 Å². The van der Waals surface area contributed by atoms with Gasteiger partial charge in [-0.05, 0) is 49.2 Å². The Morgan fingerprint density at radius 2 is 1.77 bits per heavy atom. The van der Waals surface area contributed by atoms with E-state index < -0.39 is 0 Å². The number of rotatable bonds is 6. The highest BCUT2D eigenvalue weighted by molar-refractivity contribution is 5.84. The number of carbonyl (C=O) groups is 2.